The lowest BCUT2D eigenvalue weighted by Gasteiger charge is -2.12. The molecule has 134 valence electrons. The van der Waals surface area contributed by atoms with Crippen LogP contribution in [0.2, 0.25) is 0 Å². The van der Waals surface area contributed by atoms with Crippen LogP contribution in [-0.4, -0.2) is 19.1 Å². The van der Waals surface area contributed by atoms with Crippen molar-refractivity contribution < 1.29 is 22.7 Å². The van der Waals surface area contributed by atoms with E-state index >= 15 is 0 Å². The molecule has 0 atom stereocenters. The SMILES string of the molecule is CCOc1ccccc1NCCC(=O)Nc1ccc(C(F)(F)F)cc1. The van der Waals surface area contributed by atoms with Gasteiger partial charge in [-0.3, -0.25) is 4.79 Å². The standard InChI is InChI=1S/C18H19F3N2O2/c1-2-25-16-6-4-3-5-15(16)22-12-11-17(24)23-14-9-7-13(8-10-14)18(19,20)21/h3-10,22H,2,11-12H2,1H3,(H,23,24). The highest BCUT2D eigenvalue weighted by atomic mass is 19.4. The van der Waals surface area contributed by atoms with E-state index in [2.05, 4.69) is 10.6 Å². The average Bonchev–Trinajstić information content (AvgIpc) is 2.56. The summed E-state index contributed by atoms with van der Waals surface area (Å²) in [4.78, 5) is 11.9. The van der Waals surface area contributed by atoms with Crippen molar-refractivity contribution in [1.82, 2.24) is 0 Å². The summed E-state index contributed by atoms with van der Waals surface area (Å²) in [5.41, 5.74) is 0.360. The molecule has 2 aromatic rings. The quantitative estimate of drug-likeness (QED) is 0.769. The van der Waals surface area contributed by atoms with Crippen molar-refractivity contribution in [3.8, 4) is 5.75 Å². The molecular weight excluding hydrogens is 333 g/mol. The largest absolute Gasteiger partial charge is 0.492 e. The summed E-state index contributed by atoms with van der Waals surface area (Å²) in [5.74, 6) is 0.411. The number of amides is 1. The summed E-state index contributed by atoms with van der Waals surface area (Å²) < 4.78 is 42.9. The molecule has 0 radical (unpaired) electrons. The van der Waals surface area contributed by atoms with Crippen molar-refractivity contribution in [2.75, 3.05) is 23.8 Å². The number of carbonyl (C=O) groups is 1. The maximum absolute atomic E-state index is 12.5. The number of halogens is 3. The van der Waals surface area contributed by atoms with E-state index in [1.54, 1.807) is 0 Å². The van der Waals surface area contributed by atoms with Crippen LogP contribution in [0.4, 0.5) is 24.5 Å². The molecule has 0 saturated carbocycles. The number of hydrogen-bond donors (Lipinski definition) is 2. The van der Waals surface area contributed by atoms with Crippen LogP contribution in [0.3, 0.4) is 0 Å². The van der Waals surface area contributed by atoms with Crippen molar-refractivity contribution in [2.24, 2.45) is 0 Å². The number of ether oxygens (including phenoxy) is 1. The number of para-hydroxylation sites is 2. The second kappa shape index (κ2) is 8.41. The Labute approximate surface area is 144 Å². The number of anilines is 2. The van der Waals surface area contributed by atoms with E-state index < -0.39 is 11.7 Å². The first-order valence-electron chi connectivity index (χ1n) is 7.83. The van der Waals surface area contributed by atoms with Crippen LogP contribution in [0.25, 0.3) is 0 Å². The van der Waals surface area contributed by atoms with Crippen LogP contribution in [0.15, 0.2) is 48.5 Å². The van der Waals surface area contributed by atoms with E-state index in [1.807, 2.05) is 31.2 Å². The highest BCUT2D eigenvalue weighted by Crippen LogP contribution is 2.29. The van der Waals surface area contributed by atoms with Crippen LogP contribution < -0.4 is 15.4 Å². The second-order valence-electron chi connectivity index (χ2n) is 5.23. The van der Waals surface area contributed by atoms with Gasteiger partial charge in [-0.2, -0.15) is 13.2 Å². The summed E-state index contributed by atoms with van der Waals surface area (Å²) in [6, 6.07) is 11.7. The number of carbonyl (C=O) groups excluding carboxylic acids is 1. The summed E-state index contributed by atoms with van der Waals surface area (Å²) >= 11 is 0. The van der Waals surface area contributed by atoms with Crippen LogP contribution in [0, 0.1) is 0 Å². The predicted octanol–water partition coefficient (Wildman–Crippen LogP) is 4.54. The first-order valence-corrected chi connectivity index (χ1v) is 7.83. The summed E-state index contributed by atoms with van der Waals surface area (Å²) in [5, 5.41) is 5.68. The molecule has 0 aliphatic heterocycles. The lowest BCUT2D eigenvalue weighted by atomic mass is 10.2. The first-order chi connectivity index (χ1) is 11.9. The third-order valence-electron chi connectivity index (χ3n) is 3.35. The normalized spacial score (nSPS) is 11.0. The number of nitrogens with one attached hydrogen (secondary N) is 2. The van der Waals surface area contributed by atoms with Gasteiger partial charge in [0.25, 0.3) is 0 Å². The van der Waals surface area contributed by atoms with Crippen LogP contribution >= 0.6 is 0 Å². The Morgan fingerprint density at radius 2 is 1.76 bits per heavy atom. The van der Waals surface area contributed by atoms with E-state index in [-0.39, 0.29) is 12.3 Å². The van der Waals surface area contributed by atoms with E-state index in [0.29, 0.717) is 24.6 Å². The average molecular weight is 352 g/mol. The zero-order valence-electron chi connectivity index (χ0n) is 13.7. The molecule has 1 amide bonds. The Bertz CT molecular complexity index is 700. The molecule has 2 aromatic carbocycles. The van der Waals surface area contributed by atoms with Crippen LogP contribution in [0.5, 0.6) is 5.75 Å². The molecule has 7 heteroatoms. The fourth-order valence-electron chi connectivity index (χ4n) is 2.17. The van der Waals surface area contributed by atoms with Crippen LogP contribution in [-0.2, 0) is 11.0 Å². The van der Waals surface area contributed by atoms with Crippen LogP contribution in [0.1, 0.15) is 18.9 Å². The summed E-state index contributed by atoms with van der Waals surface area (Å²) in [6.07, 6.45) is -4.22. The maximum atomic E-state index is 12.5. The zero-order chi connectivity index (χ0) is 18.3. The van der Waals surface area contributed by atoms with Crippen molar-refractivity contribution in [3.63, 3.8) is 0 Å². The van der Waals surface area contributed by atoms with Gasteiger partial charge in [0.15, 0.2) is 0 Å². The third kappa shape index (κ3) is 5.70. The maximum Gasteiger partial charge on any atom is 0.416 e. The Balaban J connectivity index is 1.83. The number of hydrogen-bond acceptors (Lipinski definition) is 3. The van der Waals surface area contributed by atoms with Gasteiger partial charge in [-0.05, 0) is 43.3 Å². The van der Waals surface area contributed by atoms with Gasteiger partial charge in [0, 0.05) is 18.7 Å². The van der Waals surface area contributed by atoms with Gasteiger partial charge >= 0.3 is 6.18 Å². The van der Waals surface area contributed by atoms with Crippen molar-refractivity contribution in [1.29, 1.82) is 0 Å². The second-order valence-corrected chi connectivity index (χ2v) is 5.23. The summed E-state index contributed by atoms with van der Waals surface area (Å²) in [6.45, 7) is 2.79. The highest BCUT2D eigenvalue weighted by Gasteiger charge is 2.29. The van der Waals surface area contributed by atoms with Crippen molar-refractivity contribution >= 4 is 17.3 Å². The van der Waals surface area contributed by atoms with E-state index in [9.17, 15) is 18.0 Å². The Hall–Kier alpha value is -2.70. The topological polar surface area (TPSA) is 50.4 Å². The van der Waals surface area contributed by atoms with E-state index in [1.165, 1.54) is 12.1 Å². The van der Waals surface area contributed by atoms with Gasteiger partial charge in [0.05, 0.1) is 17.9 Å². The molecule has 0 aliphatic carbocycles. The molecule has 0 fully saturated rings. The summed E-state index contributed by atoms with van der Waals surface area (Å²) in [7, 11) is 0. The molecule has 0 bridgehead atoms. The lowest BCUT2D eigenvalue weighted by Crippen LogP contribution is -2.16. The Morgan fingerprint density at radius 3 is 2.40 bits per heavy atom. The molecule has 2 rings (SSSR count). The van der Waals surface area contributed by atoms with Gasteiger partial charge in [-0.25, -0.2) is 0 Å². The predicted molar refractivity (Wildman–Crippen MR) is 90.8 cm³/mol. The molecule has 0 heterocycles. The molecule has 0 saturated heterocycles. The fraction of sp³-hybridized carbons (Fsp3) is 0.278. The molecule has 0 aromatic heterocycles. The monoisotopic (exact) mass is 352 g/mol. The lowest BCUT2D eigenvalue weighted by molar-refractivity contribution is -0.137. The molecule has 25 heavy (non-hydrogen) atoms. The number of rotatable bonds is 7. The third-order valence-corrected chi connectivity index (χ3v) is 3.35. The van der Waals surface area contributed by atoms with Crippen molar-refractivity contribution in [2.45, 2.75) is 19.5 Å². The van der Waals surface area contributed by atoms with Gasteiger partial charge in [0.1, 0.15) is 5.75 Å². The Kier molecular flexibility index (Phi) is 6.27. The van der Waals surface area contributed by atoms with E-state index in [0.717, 1.165) is 17.8 Å². The van der Waals surface area contributed by atoms with E-state index in [4.69, 9.17) is 4.74 Å². The number of alkyl halides is 3. The zero-order valence-corrected chi connectivity index (χ0v) is 13.7. The van der Waals surface area contributed by atoms with Gasteiger partial charge in [-0.1, -0.05) is 12.1 Å². The Morgan fingerprint density at radius 1 is 1.08 bits per heavy atom. The van der Waals surface area contributed by atoms with Gasteiger partial charge in [-0.15, -0.1) is 0 Å². The minimum absolute atomic E-state index is 0.168. The van der Waals surface area contributed by atoms with Gasteiger partial charge < -0.3 is 15.4 Å². The smallest absolute Gasteiger partial charge is 0.416 e. The minimum atomic E-state index is -4.39. The van der Waals surface area contributed by atoms with Gasteiger partial charge in [0.2, 0.25) is 5.91 Å². The first kappa shape index (κ1) is 18.6. The number of benzene rings is 2. The molecule has 0 spiro atoms. The highest BCUT2D eigenvalue weighted by molar-refractivity contribution is 5.91. The molecule has 4 nitrogen and oxygen atoms in total. The molecule has 0 aliphatic rings. The fourth-order valence-corrected chi connectivity index (χ4v) is 2.17. The minimum Gasteiger partial charge on any atom is -0.492 e. The molecular formula is C18H19F3N2O2. The van der Waals surface area contributed by atoms with Crippen molar-refractivity contribution in [3.05, 3.63) is 54.1 Å². The molecule has 0 unspecified atom stereocenters. The molecule has 2 N–H and O–H groups in total.